The minimum absolute atomic E-state index is 0.626. The Kier molecular flexibility index (Phi) is 6.82. The zero-order valence-corrected chi connectivity index (χ0v) is 14.8. The van der Waals surface area contributed by atoms with Crippen LogP contribution in [-0.2, 0) is 12.8 Å². The van der Waals surface area contributed by atoms with Crippen molar-refractivity contribution in [2.45, 2.75) is 19.8 Å². The summed E-state index contributed by atoms with van der Waals surface area (Å²) in [5.74, 6) is 2.05. The van der Waals surface area contributed by atoms with Gasteiger partial charge in [-0.15, -0.1) is 0 Å². The van der Waals surface area contributed by atoms with Crippen molar-refractivity contribution < 1.29 is 4.74 Å². The number of nitrogens with zero attached hydrogens (tertiary/aromatic N) is 2. The van der Waals surface area contributed by atoms with Gasteiger partial charge in [0, 0.05) is 18.0 Å². The molecule has 0 bridgehead atoms. The fourth-order valence-electron chi connectivity index (χ4n) is 2.22. The molecular weight excluding hydrogens is 322 g/mol. The first-order valence-electron chi connectivity index (χ1n) is 7.80. The molecule has 0 saturated carbocycles. The van der Waals surface area contributed by atoms with Crippen LogP contribution in [0, 0.1) is 6.92 Å². The molecule has 1 N–H and O–H groups in total. The largest absolute Gasteiger partial charge is 0.491 e. The number of rotatable bonds is 8. The summed E-state index contributed by atoms with van der Waals surface area (Å²) in [4.78, 5) is 8.81. The average Bonchev–Trinajstić information content (AvgIpc) is 2.57. The first-order chi connectivity index (χ1) is 11.6. The molecule has 24 heavy (non-hydrogen) atoms. The third-order valence-corrected chi connectivity index (χ3v) is 3.84. The summed E-state index contributed by atoms with van der Waals surface area (Å²) in [6.07, 6.45) is 8.70. The topological polar surface area (TPSA) is 47.0 Å². The van der Waals surface area contributed by atoms with Crippen molar-refractivity contribution in [2.75, 3.05) is 19.0 Å². The number of aromatic nitrogens is 2. The first kappa shape index (κ1) is 18.0. The lowest BCUT2D eigenvalue weighted by molar-refractivity contribution is 0.412. The Morgan fingerprint density at radius 2 is 2.21 bits per heavy atom. The van der Waals surface area contributed by atoms with Gasteiger partial charge in [-0.1, -0.05) is 48.5 Å². The van der Waals surface area contributed by atoms with Crippen molar-refractivity contribution in [3.05, 3.63) is 71.2 Å². The van der Waals surface area contributed by atoms with E-state index in [1.165, 1.54) is 0 Å². The smallest absolute Gasteiger partial charge is 0.179 e. The monoisotopic (exact) mass is 343 g/mol. The van der Waals surface area contributed by atoms with Gasteiger partial charge in [-0.3, -0.25) is 0 Å². The maximum Gasteiger partial charge on any atom is 0.179 e. The van der Waals surface area contributed by atoms with E-state index in [1.54, 1.807) is 19.4 Å². The van der Waals surface area contributed by atoms with Crippen LogP contribution in [-0.4, -0.2) is 23.6 Å². The average molecular weight is 344 g/mol. The van der Waals surface area contributed by atoms with Gasteiger partial charge in [0.2, 0.25) is 0 Å². The van der Waals surface area contributed by atoms with E-state index in [9.17, 15) is 0 Å². The third kappa shape index (κ3) is 5.10. The van der Waals surface area contributed by atoms with Crippen LogP contribution in [0.1, 0.15) is 17.0 Å². The Balaban J connectivity index is 2.03. The Labute approximate surface area is 148 Å². The zero-order chi connectivity index (χ0) is 17.4. The maximum atomic E-state index is 6.27. The molecule has 126 valence electrons. The van der Waals surface area contributed by atoms with Gasteiger partial charge in [-0.2, -0.15) is 0 Å². The Hall–Kier alpha value is -2.33. The normalized spacial score (nSPS) is 10.8. The summed E-state index contributed by atoms with van der Waals surface area (Å²) >= 11 is 6.27. The molecule has 0 fully saturated rings. The molecule has 0 aliphatic rings. The summed E-state index contributed by atoms with van der Waals surface area (Å²) in [7, 11) is 1.61. The second kappa shape index (κ2) is 9.08. The van der Waals surface area contributed by atoms with Gasteiger partial charge >= 0.3 is 0 Å². The molecule has 0 spiro atoms. The van der Waals surface area contributed by atoms with Gasteiger partial charge in [0.1, 0.15) is 5.82 Å². The van der Waals surface area contributed by atoms with E-state index >= 15 is 0 Å². The predicted molar refractivity (Wildman–Crippen MR) is 100 cm³/mol. The molecule has 1 aromatic heterocycles. The molecular formula is C19H22ClN3O. The molecule has 0 atom stereocenters. The number of halogens is 1. The highest BCUT2D eigenvalue weighted by Crippen LogP contribution is 2.22. The maximum absolute atomic E-state index is 6.27. The summed E-state index contributed by atoms with van der Waals surface area (Å²) in [6, 6.07) is 6.10. The molecule has 2 aromatic rings. The highest BCUT2D eigenvalue weighted by atomic mass is 35.5. The van der Waals surface area contributed by atoms with E-state index < -0.39 is 0 Å². The van der Waals surface area contributed by atoms with Crippen molar-refractivity contribution in [2.24, 2.45) is 0 Å². The van der Waals surface area contributed by atoms with Crippen molar-refractivity contribution >= 4 is 17.4 Å². The minimum atomic E-state index is 0.626. The van der Waals surface area contributed by atoms with Gasteiger partial charge < -0.3 is 10.1 Å². The Morgan fingerprint density at radius 3 is 2.92 bits per heavy atom. The fraction of sp³-hybridized carbons (Fsp3) is 0.263. The van der Waals surface area contributed by atoms with Crippen LogP contribution in [0.5, 0.6) is 5.75 Å². The van der Waals surface area contributed by atoms with Crippen LogP contribution in [0.4, 0.5) is 5.82 Å². The lowest BCUT2D eigenvalue weighted by Gasteiger charge is -2.11. The number of hydrogen-bond acceptors (Lipinski definition) is 4. The minimum Gasteiger partial charge on any atom is -0.491 e. The number of ether oxygens (including phenoxy) is 1. The number of allylic oxidation sites excluding steroid dienone is 3. The van der Waals surface area contributed by atoms with E-state index in [0.717, 1.165) is 28.4 Å². The number of aryl methyl sites for hydroxylation is 1. The first-order valence-corrected chi connectivity index (χ1v) is 8.18. The van der Waals surface area contributed by atoms with Crippen molar-refractivity contribution in [3.8, 4) is 5.75 Å². The zero-order valence-electron chi connectivity index (χ0n) is 14.1. The fourth-order valence-corrected chi connectivity index (χ4v) is 2.55. The summed E-state index contributed by atoms with van der Waals surface area (Å²) < 4.78 is 5.32. The van der Waals surface area contributed by atoms with Gasteiger partial charge in [-0.25, -0.2) is 9.97 Å². The van der Waals surface area contributed by atoms with Crippen LogP contribution in [0.3, 0.4) is 0 Å². The van der Waals surface area contributed by atoms with Crippen LogP contribution in [0.15, 0.2) is 49.2 Å². The second-order valence-corrected chi connectivity index (χ2v) is 5.75. The number of methoxy groups -OCH3 is 1. The molecule has 1 heterocycles. The number of benzene rings is 1. The second-order valence-electron chi connectivity index (χ2n) is 5.34. The molecule has 0 aliphatic heterocycles. The van der Waals surface area contributed by atoms with Gasteiger partial charge in [0.25, 0.3) is 0 Å². The molecule has 0 amide bonds. The molecule has 5 heteroatoms. The molecule has 1 aromatic carbocycles. The summed E-state index contributed by atoms with van der Waals surface area (Å²) in [5, 5.41) is 4.10. The lowest BCUT2D eigenvalue weighted by atomic mass is 10.1. The standard InChI is InChI=1S/C19H22ClN3O/c1-4-5-6-7-18-22-13-17(24-3)19(23-18)21-11-10-15-9-8-14(2)12-16(15)20/h4-6,8-9,12-13H,1,7,10-11H2,2-3H3,(H,21,22,23)/b6-5-. The van der Waals surface area contributed by atoms with E-state index in [0.29, 0.717) is 24.5 Å². The van der Waals surface area contributed by atoms with Crippen molar-refractivity contribution in [3.63, 3.8) is 0 Å². The highest BCUT2D eigenvalue weighted by Gasteiger charge is 2.07. The summed E-state index contributed by atoms with van der Waals surface area (Å²) in [6.45, 7) is 6.38. The molecule has 0 saturated heterocycles. The van der Waals surface area contributed by atoms with Crippen LogP contribution < -0.4 is 10.1 Å². The molecule has 2 rings (SSSR count). The molecule has 4 nitrogen and oxygen atoms in total. The summed E-state index contributed by atoms with van der Waals surface area (Å²) in [5.41, 5.74) is 2.27. The van der Waals surface area contributed by atoms with Gasteiger partial charge in [0.05, 0.1) is 13.3 Å². The number of anilines is 1. The van der Waals surface area contributed by atoms with E-state index in [-0.39, 0.29) is 0 Å². The van der Waals surface area contributed by atoms with Gasteiger partial charge in [0.15, 0.2) is 11.6 Å². The lowest BCUT2D eigenvalue weighted by Crippen LogP contribution is -2.10. The van der Waals surface area contributed by atoms with Crippen molar-refractivity contribution in [1.82, 2.24) is 9.97 Å². The van der Waals surface area contributed by atoms with E-state index in [1.807, 2.05) is 25.1 Å². The number of hydrogen-bond donors (Lipinski definition) is 1. The Morgan fingerprint density at radius 1 is 1.38 bits per heavy atom. The molecule has 0 aliphatic carbocycles. The van der Waals surface area contributed by atoms with Gasteiger partial charge in [-0.05, 0) is 30.5 Å². The van der Waals surface area contributed by atoms with Crippen LogP contribution in [0.2, 0.25) is 5.02 Å². The Bertz CT molecular complexity index is 729. The molecule has 0 unspecified atom stereocenters. The molecule has 0 radical (unpaired) electrons. The van der Waals surface area contributed by atoms with Crippen LogP contribution >= 0.6 is 11.6 Å². The van der Waals surface area contributed by atoms with E-state index in [4.69, 9.17) is 16.3 Å². The third-order valence-electron chi connectivity index (χ3n) is 3.49. The predicted octanol–water partition coefficient (Wildman–Crippen LogP) is 4.39. The van der Waals surface area contributed by atoms with Crippen LogP contribution in [0.25, 0.3) is 0 Å². The van der Waals surface area contributed by atoms with Crippen molar-refractivity contribution in [1.29, 1.82) is 0 Å². The van der Waals surface area contributed by atoms with E-state index in [2.05, 4.69) is 34.0 Å². The SMILES string of the molecule is C=C/C=C\Cc1ncc(OC)c(NCCc2ccc(C)cc2Cl)n1. The number of nitrogens with one attached hydrogen (secondary N) is 1. The quantitative estimate of drug-likeness (QED) is 0.722. The highest BCUT2D eigenvalue weighted by molar-refractivity contribution is 6.31.